The van der Waals surface area contributed by atoms with Gasteiger partial charge in [0.25, 0.3) is 5.91 Å². The predicted molar refractivity (Wildman–Crippen MR) is 58.3 cm³/mol. The molecule has 15 heavy (non-hydrogen) atoms. The largest absolute Gasteiger partial charge is 0.384 e. The highest BCUT2D eigenvalue weighted by Gasteiger charge is 2.05. The summed E-state index contributed by atoms with van der Waals surface area (Å²) in [5, 5.41) is 3.70. The zero-order chi connectivity index (χ0) is 11.3. The quantitative estimate of drug-likeness (QED) is 0.412. The third kappa shape index (κ3) is 3.63. The highest BCUT2D eigenvalue weighted by Crippen LogP contribution is 1.99. The Labute approximate surface area is 87.8 Å². The van der Waals surface area contributed by atoms with Crippen LogP contribution in [-0.2, 0) is 0 Å². The molecular formula is C9H13N5O. The van der Waals surface area contributed by atoms with Gasteiger partial charge in [-0.3, -0.25) is 4.79 Å². The SMILES string of the molecule is CN(C)/C=N\NC(=O)c1cccc(N)n1. The van der Waals surface area contributed by atoms with Crippen molar-refractivity contribution in [3.63, 3.8) is 0 Å². The van der Waals surface area contributed by atoms with Gasteiger partial charge < -0.3 is 10.6 Å². The summed E-state index contributed by atoms with van der Waals surface area (Å²) in [7, 11) is 3.60. The van der Waals surface area contributed by atoms with E-state index in [1.54, 1.807) is 37.2 Å². The van der Waals surface area contributed by atoms with Gasteiger partial charge in [0.05, 0.1) is 0 Å². The monoisotopic (exact) mass is 207 g/mol. The molecule has 6 heteroatoms. The lowest BCUT2D eigenvalue weighted by atomic mass is 10.3. The van der Waals surface area contributed by atoms with Crippen molar-refractivity contribution in [3.8, 4) is 0 Å². The number of rotatable bonds is 3. The highest BCUT2D eigenvalue weighted by atomic mass is 16.2. The zero-order valence-corrected chi connectivity index (χ0v) is 8.64. The van der Waals surface area contributed by atoms with Crippen LogP contribution < -0.4 is 11.2 Å². The Bertz CT molecular complexity index is 375. The van der Waals surface area contributed by atoms with Gasteiger partial charge in [-0.15, -0.1) is 0 Å². The second kappa shape index (κ2) is 4.94. The highest BCUT2D eigenvalue weighted by molar-refractivity contribution is 5.92. The molecule has 6 nitrogen and oxygen atoms in total. The molecule has 0 bridgehead atoms. The number of pyridine rings is 1. The van der Waals surface area contributed by atoms with Gasteiger partial charge in [0, 0.05) is 14.1 Å². The predicted octanol–water partition coefficient (Wildman–Crippen LogP) is -0.102. The first-order chi connectivity index (χ1) is 7.09. The number of carbonyl (C=O) groups excluding carboxylic acids is 1. The molecule has 80 valence electrons. The average molecular weight is 207 g/mol. The molecule has 0 fully saturated rings. The number of nitrogens with zero attached hydrogens (tertiary/aromatic N) is 3. The van der Waals surface area contributed by atoms with Crippen LogP contribution in [0.3, 0.4) is 0 Å². The van der Waals surface area contributed by atoms with Crippen molar-refractivity contribution in [3.05, 3.63) is 23.9 Å². The van der Waals surface area contributed by atoms with Gasteiger partial charge in [0.1, 0.15) is 17.9 Å². The fourth-order valence-corrected chi connectivity index (χ4v) is 0.838. The van der Waals surface area contributed by atoms with Crippen LogP contribution in [0.4, 0.5) is 5.82 Å². The molecule has 0 saturated carbocycles. The van der Waals surface area contributed by atoms with Gasteiger partial charge in [-0.05, 0) is 12.1 Å². The number of nitrogens with two attached hydrogens (primary N) is 1. The first-order valence-corrected chi connectivity index (χ1v) is 4.32. The number of amides is 1. The first kappa shape index (κ1) is 11.0. The number of hydrogen-bond acceptors (Lipinski definition) is 4. The Hall–Kier alpha value is -2.11. The van der Waals surface area contributed by atoms with Crippen molar-refractivity contribution in [2.75, 3.05) is 19.8 Å². The minimum absolute atomic E-state index is 0.242. The van der Waals surface area contributed by atoms with Crippen LogP contribution >= 0.6 is 0 Å². The minimum atomic E-state index is -0.389. The van der Waals surface area contributed by atoms with E-state index in [-0.39, 0.29) is 11.6 Å². The molecule has 1 aromatic heterocycles. The average Bonchev–Trinajstić information content (AvgIpc) is 2.17. The number of anilines is 1. The molecule has 1 heterocycles. The molecule has 0 aliphatic heterocycles. The van der Waals surface area contributed by atoms with Gasteiger partial charge in [-0.2, -0.15) is 5.10 Å². The number of carbonyl (C=O) groups is 1. The Kier molecular flexibility index (Phi) is 3.61. The molecule has 0 radical (unpaired) electrons. The fourth-order valence-electron chi connectivity index (χ4n) is 0.838. The summed E-state index contributed by atoms with van der Waals surface area (Å²) in [4.78, 5) is 17.0. The summed E-state index contributed by atoms with van der Waals surface area (Å²) in [5.74, 6) is -0.0837. The summed E-state index contributed by atoms with van der Waals surface area (Å²) >= 11 is 0. The molecule has 0 aliphatic rings. The maximum absolute atomic E-state index is 11.4. The molecule has 3 N–H and O–H groups in total. The molecule has 0 spiro atoms. The fraction of sp³-hybridized carbons (Fsp3) is 0.222. The van der Waals surface area contributed by atoms with Gasteiger partial charge >= 0.3 is 0 Å². The second-order valence-corrected chi connectivity index (χ2v) is 3.10. The van der Waals surface area contributed by atoms with Gasteiger partial charge in [-0.1, -0.05) is 6.07 Å². The number of nitrogens with one attached hydrogen (secondary N) is 1. The normalized spacial score (nSPS) is 10.3. The second-order valence-electron chi connectivity index (χ2n) is 3.10. The van der Waals surface area contributed by atoms with Crippen molar-refractivity contribution >= 4 is 18.1 Å². The van der Waals surface area contributed by atoms with Crippen molar-refractivity contribution in [2.24, 2.45) is 5.10 Å². The molecule has 1 rings (SSSR count). The summed E-state index contributed by atoms with van der Waals surface area (Å²) in [5.41, 5.74) is 8.01. The van der Waals surface area contributed by atoms with Gasteiger partial charge in [0.15, 0.2) is 0 Å². The van der Waals surface area contributed by atoms with E-state index >= 15 is 0 Å². The number of hydrogen-bond donors (Lipinski definition) is 2. The van der Waals surface area contributed by atoms with Crippen molar-refractivity contribution in [1.29, 1.82) is 0 Å². The van der Waals surface area contributed by atoms with Crippen LogP contribution in [0.2, 0.25) is 0 Å². The van der Waals surface area contributed by atoms with E-state index in [9.17, 15) is 4.79 Å². The number of nitrogen functional groups attached to an aromatic ring is 1. The molecule has 0 atom stereocenters. The molecule has 0 aromatic carbocycles. The van der Waals surface area contributed by atoms with E-state index in [4.69, 9.17) is 5.73 Å². The van der Waals surface area contributed by atoms with Crippen LogP contribution in [0.15, 0.2) is 23.3 Å². The Morgan fingerprint density at radius 2 is 2.33 bits per heavy atom. The zero-order valence-electron chi connectivity index (χ0n) is 8.64. The summed E-state index contributed by atoms with van der Waals surface area (Å²) < 4.78 is 0. The molecule has 0 saturated heterocycles. The van der Waals surface area contributed by atoms with E-state index in [2.05, 4.69) is 15.5 Å². The molecule has 1 aromatic rings. The molecular weight excluding hydrogens is 194 g/mol. The van der Waals surface area contributed by atoms with E-state index in [0.29, 0.717) is 5.82 Å². The summed E-state index contributed by atoms with van der Waals surface area (Å²) in [6.07, 6.45) is 1.48. The van der Waals surface area contributed by atoms with E-state index < -0.39 is 0 Å². The summed E-state index contributed by atoms with van der Waals surface area (Å²) in [6, 6.07) is 4.84. The molecule has 1 amide bonds. The van der Waals surface area contributed by atoms with Gasteiger partial charge in [0.2, 0.25) is 0 Å². The summed E-state index contributed by atoms with van der Waals surface area (Å²) in [6.45, 7) is 0. The Morgan fingerprint density at radius 3 is 2.93 bits per heavy atom. The van der Waals surface area contributed by atoms with Crippen molar-refractivity contribution < 1.29 is 4.79 Å². The lowest BCUT2D eigenvalue weighted by molar-refractivity contribution is 0.0950. The third-order valence-electron chi connectivity index (χ3n) is 1.46. The molecule has 0 aliphatic carbocycles. The van der Waals surface area contributed by atoms with Crippen LogP contribution in [0.5, 0.6) is 0 Å². The first-order valence-electron chi connectivity index (χ1n) is 4.32. The Balaban J connectivity index is 2.62. The van der Waals surface area contributed by atoms with Crippen molar-refractivity contribution in [2.45, 2.75) is 0 Å². The van der Waals surface area contributed by atoms with Gasteiger partial charge in [-0.25, -0.2) is 10.4 Å². The van der Waals surface area contributed by atoms with Crippen LogP contribution in [0.1, 0.15) is 10.5 Å². The van der Waals surface area contributed by atoms with E-state index in [0.717, 1.165) is 0 Å². The van der Waals surface area contributed by atoms with Crippen LogP contribution in [-0.4, -0.2) is 36.2 Å². The Morgan fingerprint density at radius 1 is 1.60 bits per heavy atom. The minimum Gasteiger partial charge on any atom is -0.384 e. The van der Waals surface area contributed by atoms with Crippen LogP contribution in [0, 0.1) is 0 Å². The topological polar surface area (TPSA) is 83.6 Å². The number of hydrazone groups is 1. The number of aromatic nitrogens is 1. The van der Waals surface area contributed by atoms with Crippen LogP contribution in [0.25, 0.3) is 0 Å². The van der Waals surface area contributed by atoms with Crippen molar-refractivity contribution in [1.82, 2.24) is 15.3 Å². The maximum atomic E-state index is 11.4. The molecule has 0 unspecified atom stereocenters. The van der Waals surface area contributed by atoms with E-state index in [1.807, 2.05) is 0 Å². The maximum Gasteiger partial charge on any atom is 0.290 e. The smallest absolute Gasteiger partial charge is 0.290 e. The van der Waals surface area contributed by atoms with E-state index in [1.165, 1.54) is 6.34 Å². The lowest BCUT2D eigenvalue weighted by Crippen LogP contribution is -2.21. The third-order valence-corrected chi connectivity index (χ3v) is 1.46. The standard InChI is InChI=1S/C9H13N5O/c1-14(2)6-11-13-9(15)7-4-3-5-8(10)12-7/h3-6H,1-2H3,(H2,10,12)(H,13,15)/b11-6-. The lowest BCUT2D eigenvalue weighted by Gasteiger charge is -2.03.